The maximum Gasteiger partial charge on any atom is 0.307 e. The third-order valence-electron chi connectivity index (χ3n) is 2.93. The van der Waals surface area contributed by atoms with E-state index < -0.39 is 0 Å². The molecule has 0 aliphatic carbocycles. The molecule has 0 fully saturated rings. The van der Waals surface area contributed by atoms with E-state index in [4.69, 9.17) is 11.6 Å². The van der Waals surface area contributed by atoms with Gasteiger partial charge in [-0.2, -0.15) is 0 Å². The Labute approximate surface area is 124 Å². The van der Waals surface area contributed by atoms with E-state index >= 15 is 0 Å². The minimum atomic E-state index is -0.301. The molecule has 0 atom stereocenters. The van der Waals surface area contributed by atoms with Crippen LogP contribution in [0, 0.1) is 0 Å². The van der Waals surface area contributed by atoms with E-state index in [0.717, 1.165) is 12.0 Å². The van der Waals surface area contributed by atoms with Crippen LogP contribution in [0.1, 0.15) is 25.3 Å². The van der Waals surface area contributed by atoms with Crippen LogP contribution < -0.4 is 0 Å². The summed E-state index contributed by atoms with van der Waals surface area (Å²) in [5.74, 6) is -0.288. The number of rotatable bonds is 7. The molecule has 0 saturated carbocycles. The van der Waals surface area contributed by atoms with Gasteiger partial charge in [0.15, 0.2) is 0 Å². The summed E-state index contributed by atoms with van der Waals surface area (Å²) in [5, 5.41) is 0.650. The molecule has 0 N–H and O–H groups in total. The molecule has 0 aliphatic rings. The highest BCUT2D eigenvalue weighted by molar-refractivity contribution is 6.30. The van der Waals surface area contributed by atoms with Crippen molar-refractivity contribution in [2.75, 3.05) is 20.2 Å². The van der Waals surface area contributed by atoms with E-state index in [9.17, 15) is 9.59 Å². The van der Waals surface area contributed by atoms with Crippen LogP contribution in [0.5, 0.6) is 0 Å². The molecule has 1 amide bonds. The van der Waals surface area contributed by atoms with Crippen molar-refractivity contribution in [2.24, 2.45) is 0 Å². The van der Waals surface area contributed by atoms with Gasteiger partial charge >= 0.3 is 5.97 Å². The summed E-state index contributed by atoms with van der Waals surface area (Å²) in [5.41, 5.74) is 0.915. The van der Waals surface area contributed by atoms with Crippen molar-refractivity contribution < 1.29 is 14.3 Å². The lowest BCUT2D eigenvalue weighted by atomic mass is 10.1. The fraction of sp³-hybridized carbons (Fsp3) is 0.467. The van der Waals surface area contributed by atoms with Gasteiger partial charge in [0.2, 0.25) is 5.91 Å². The van der Waals surface area contributed by atoms with Gasteiger partial charge in [0.05, 0.1) is 20.0 Å². The fourth-order valence-corrected chi connectivity index (χ4v) is 1.97. The second kappa shape index (κ2) is 8.59. The van der Waals surface area contributed by atoms with E-state index in [0.29, 0.717) is 24.5 Å². The van der Waals surface area contributed by atoms with Gasteiger partial charge in [-0.05, 0) is 24.1 Å². The Kier molecular flexibility index (Phi) is 7.09. The highest BCUT2D eigenvalue weighted by Crippen LogP contribution is 2.11. The van der Waals surface area contributed by atoms with Crippen molar-refractivity contribution in [1.82, 2.24) is 4.90 Å². The summed E-state index contributed by atoms with van der Waals surface area (Å²) in [6.45, 7) is 3.04. The molecule has 5 heteroatoms. The van der Waals surface area contributed by atoms with Crippen LogP contribution in [0.15, 0.2) is 24.3 Å². The molecule has 1 aromatic carbocycles. The van der Waals surface area contributed by atoms with E-state index in [1.807, 2.05) is 19.1 Å². The molecular weight excluding hydrogens is 278 g/mol. The number of ether oxygens (including phenoxy) is 1. The van der Waals surface area contributed by atoms with Crippen LogP contribution in [0.25, 0.3) is 0 Å². The Hall–Kier alpha value is -1.55. The van der Waals surface area contributed by atoms with Crippen molar-refractivity contribution in [1.29, 1.82) is 0 Å². The van der Waals surface area contributed by atoms with Crippen molar-refractivity contribution in [3.8, 4) is 0 Å². The number of esters is 1. The summed E-state index contributed by atoms with van der Waals surface area (Å²) < 4.78 is 4.60. The molecule has 0 aromatic heterocycles. The van der Waals surface area contributed by atoms with Gasteiger partial charge in [-0.3, -0.25) is 9.59 Å². The van der Waals surface area contributed by atoms with Gasteiger partial charge in [0, 0.05) is 18.1 Å². The zero-order valence-corrected chi connectivity index (χ0v) is 12.7. The third-order valence-corrected chi connectivity index (χ3v) is 3.18. The lowest BCUT2D eigenvalue weighted by Crippen LogP contribution is -2.35. The van der Waals surface area contributed by atoms with Crippen molar-refractivity contribution >= 4 is 23.5 Å². The van der Waals surface area contributed by atoms with E-state index in [1.165, 1.54) is 7.11 Å². The van der Waals surface area contributed by atoms with E-state index in [-0.39, 0.29) is 18.3 Å². The number of amides is 1. The molecule has 0 bridgehead atoms. The first-order valence-electron chi connectivity index (χ1n) is 6.65. The third kappa shape index (κ3) is 5.61. The van der Waals surface area contributed by atoms with Crippen LogP contribution in [0.2, 0.25) is 5.02 Å². The number of hydrogen-bond donors (Lipinski definition) is 0. The molecule has 20 heavy (non-hydrogen) atoms. The standard InChI is InChI=1S/C15H20ClNO3/c1-3-9-17(10-8-15(19)20-2)14(18)11-12-4-6-13(16)7-5-12/h4-7H,3,8-11H2,1-2H3. The summed E-state index contributed by atoms with van der Waals surface area (Å²) in [6.07, 6.45) is 1.40. The van der Waals surface area contributed by atoms with Crippen molar-refractivity contribution in [2.45, 2.75) is 26.2 Å². The number of carbonyl (C=O) groups is 2. The summed E-state index contributed by atoms with van der Waals surface area (Å²) in [7, 11) is 1.35. The average Bonchev–Trinajstić information content (AvgIpc) is 2.45. The van der Waals surface area contributed by atoms with Crippen LogP contribution in [-0.4, -0.2) is 37.0 Å². The molecule has 0 saturated heterocycles. The molecular formula is C15H20ClNO3. The minimum Gasteiger partial charge on any atom is -0.469 e. The predicted octanol–water partition coefficient (Wildman–Crippen LogP) is 2.68. The highest BCUT2D eigenvalue weighted by Gasteiger charge is 2.14. The molecule has 0 radical (unpaired) electrons. The quantitative estimate of drug-likeness (QED) is 0.727. The van der Waals surface area contributed by atoms with Crippen molar-refractivity contribution in [3.05, 3.63) is 34.9 Å². The minimum absolute atomic E-state index is 0.0121. The second-order valence-corrected chi connectivity index (χ2v) is 4.95. The molecule has 1 aromatic rings. The summed E-state index contributed by atoms with van der Waals surface area (Å²) in [4.78, 5) is 25.1. The lowest BCUT2D eigenvalue weighted by molar-refractivity contribution is -0.141. The first-order valence-corrected chi connectivity index (χ1v) is 7.03. The number of hydrogen-bond acceptors (Lipinski definition) is 3. The molecule has 4 nitrogen and oxygen atoms in total. The van der Waals surface area contributed by atoms with E-state index in [1.54, 1.807) is 17.0 Å². The first kappa shape index (κ1) is 16.5. The highest BCUT2D eigenvalue weighted by atomic mass is 35.5. The van der Waals surface area contributed by atoms with Crippen LogP contribution in [-0.2, 0) is 20.7 Å². The van der Waals surface area contributed by atoms with Crippen LogP contribution >= 0.6 is 11.6 Å². The number of benzene rings is 1. The first-order chi connectivity index (χ1) is 9.56. The fourth-order valence-electron chi connectivity index (χ4n) is 1.85. The zero-order valence-electron chi connectivity index (χ0n) is 11.9. The number of nitrogens with zero attached hydrogens (tertiary/aromatic N) is 1. The molecule has 0 aliphatic heterocycles. The number of halogens is 1. The second-order valence-electron chi connectivity index (χ2n) is 4.51. The van der Waals surface area contributed by atoms with Crippen molar-refractivity contribution in [3.63, 3.8) is 0 Å². The molecule has 0 unspecified atom stereocenters. The van der Waals surface area contributed by atoms with Gasteiger partial charge in [-0.15, -0.1) is 0 Å². The zero-order chi connectivity index (χ0) is 15.0. The van der Waals surface area contributed by atoms with Crippen LogP contribution in [0.3, 0.4) is 0 Å². The lowest BCUT2D eigenvalue weighted by Gasteiger charge is -2.21. The largest absolute Gasteiger partial charge is 0.469 e. The Morgan fingerprint density at radius 2 is 1.85 bits per heavy atom. The number of carbonyl (C=O) groups excluding carboxylic acids is 2. The van der Waals surface area contributed by atoms with Gasteiger partial charge in [-0.25, -0.2) is 0 Å². The molecule has 110 valence electrons. The Bertz CT molecular complexity index is 445. The smallest absolute Gasteiger partial charge is 0.307 e. The molecule has 0 spiro atoms. The van der Waals surface area contributed by atoms with Gasteiger partial charge in [-0.1, -0.05) is 30.7 Å². The normalized spacial score (nSPS) is 10.2. The van der Waals surface area contributed by atoms with Crippen LogP contribution in [0.4, 0.5) is 0 Å². The van der Waals surface area contributed by atoms with E-state index in [2.05, 4.69) is 4.74 Å². The van der Waals surface area contributed by atoms with Gasteiger partial charge in [0.25, 0.3) is 0 Å². The maximum atomic E-state index is 12.2. The van der Waals surface area contributed by atoms with Gasteiger partial charge < -0.3 is 9.64 Å². The monoisotopic (exact) mass is 297 g/mol. The Balaban J connectivity index is 2.58. The average molecular weight is 298 g/mol. The SMILES string of the molecule is CCCN(CCC(=O)OC)C(=O)Cc1ccc(Cl)cc1. The number of methoxy groups -OCH3 is 1. The topological polar surface area (TPSA) is 46.6 Å². The molecule has 0 heterocycles. The Morgan fingerprint density at radius 1 is 1.20 bits per heavy atom. The summed E-state index contributed by atoms with van der Waals surface area (Å²) >= 11 is 5.81. The van der Waals surface area contributed by atoms with Gasteiger partial charge in [0.1, 0.15) is 0 Å². The Morgan fingerprint density at radius 3 is 2.40 bits per heavy atom. The summed E-state index contributed by atoms with van der Waals surface area (Å²) in [6, 6.07) is 7.21. The molecule has 1 rings (SSSR count). The maximum absolute atomic E-state index is 12.2. The predicted molar refractivity (Wildman–Crippen MR) is 78.7 cm³/mol.